The summed E-state index contributed by atoms with van der Waals surface area (Å²) in [5, 5.41) is 7.49. The number of ether oxygens (including phenoxy) is 1. The molecule has 0 radical (unpaired) electrons. The van der Waals surface area contributed by atoms with E-state index in [2.05, 4.69) is 30.3 Å². The highest BCUT2D eigenvalue weighted by atomic mass is 19.3. The van der Waals surface area contributed by atoms with Crippen LogP contribution < -0.4 is 15.4 Å². The lowest BCUT2D eigenvalue weighted by Gasteiger charge is -2.14. The highest BCUT2D eigenvalue weighted by molar-refractivity contribution is 6.03. The van der Waals surface area contributed by atoms with Crippen LogP contribution in [0.2, 0.25) is 0 Å². The van der Waals surface area contributed by atoms with Gasteiger partial charge in [-0.05, 0) is 17.5 Å². The van der Waals surface area contributed by atoms with Crippen LogP contribution in [0.4, 0.5) is 30.5 Å². The molecular weight excluding hydrogens is 423 g/mol. The van der Waals surface area contributed by atoms with Crippen LogP contribution in [0.15, 0.2) is 73.2 Å². The summed E-state index contributed by atoms with van der Waals surface area (Å²) in [7, 11) is 0. The Morgan fingerprint density at radius 1 is 0.938 bits per heavy atom. The lowest BCUT2D eigenvalue weighted by Crippen LogP contribution is -2.21. The molecule has 0 spiro atoms. The van der Waals surface area contributed by atoms with E-state index in [-0.39, 0.29) is 23.1 Å². The third-order valence-electron chi connectivity index (χ3n) is 4.39. The Morgan fingerprint density at radius 3 is 2.59 bits per heavy atom. The van der Waals surface area contributed by atoms with E-state index in [4.69, 9.17) is 0 Å². The molecular formula is C22H16F3N5O2. The molecule has 2 aromatic heterocycles. The number of hydrogen-bond donors (Lipinski definition) is 2. The third-order valence-corrected chi connectivity index (χ3v) is 4.39. The lowest BCUT2D eigenvalue weighted by atomic mass is 10.1. The Labute approximate surface area is 180 Å². The zero-order valence-corrected chi connectivity index (χ0v) is 16.4. The number of aromatic nitrogens is 3. The number of anilines is 3. The molecule has 0 aliphatic carbocycles. The van der Waals surface area contributed by atoms with Gasteiger partial charge in [0.2, 0.25) is 5.95 Å². The Morgan fingerprint density at radius 2 is 1.75 bits per heavy atom. The molecule has 0 saturated heterocycles. The van der Waals surface area contributed by atoms with Crippen molar-refractivity contribution in [2.45, 2.75) is 12.8 Å². The summed E-state index contributed by atoms with van der Waals surface area (Å²) >= 11 is 0. The minimum absolute atomic E-state index is 0.0109. The molecule has 2 N–H and O–H groups in total. The molecule has 4 rings (SSSR count). The van der Waals surface area contributed by atoms with E-state index >= 15 is 0 Å². The van der Waals surface area contributed by atoms with Crippen LogP contribution >= 0.6 is 0 Å². The van der Waals surface area contributed by atoms with Gasteiger partial charge in [-0.2, -0.15) is 4.39 Å². The number of nitrogens with zero attached hydrogens (tertiary/aromatic N) is 3. The van der Waals surface area contributed by atoms with E-state index in [1.807, 2.05) is 42.5 Å². The van der Waals surface area contributed by atoms with E-state index in [0.717, 1.165) is 28.7 Å². The van der Waals surface area contributed by atoms with Crippen molar-refractivity contribution in [1.29, 1.82) is 0 Å². The van der Waals surface area contributed by atoms with Gasteiger partial charge in [-0.1, -0.05) is 36.4 Å². The summed E-state index contributed by atoms with van der Waals surface area (Å²) in [6, 6.07) is 16.0. The summed E-state index contributed by atoms with van der Waals surface area (Å²) in [6.07, 6.45) is -2.41. The van der Waals surface area contributed by atoms with E-state index in [1.165, 1.54) is 18.5 Å². The van der Waals surface area contributed by atoms with Gasteiger partial charge in [-0.15, -0.1) is 0 Å². The average Bonchev–Trinajstić information content (AvgIpc) is 2.80. The minimum atomic E-state index is -3.34. The standard InChI is InChI=1S/C22H16F3N5O2/c23-19(24)20(25)32-18-9-10-26-12-17(18)28-21(31)16-8-11-27-22(30-16)29-15-7-3-5-13-4-1-2-6-14(13)15/h1-12,19-20H,(H,28,31)(H,27,29,30). The summed E-state index contributed by atoms with van der Waals surface area (Å²) in [4.78, 5) is 24.8. The maximum absolute atomic E-state index is 13.3. The first kappa shape index (κ1) is 21.0. The Bertz CT molecular complexity index is 1250. The van der Waals surface area contributed by atoms with Crippen LogP contribution in [0.25, 0.3) is 10.8 Å². The molecule has 0 aliphatic heterocycles. The molecule has 1 unspecified atom stereocenters. The van der Waals surface area contributed by atoms with E-state index < -0.39 is 18.7 Å². The van der Waals surface area contributed by atoms with Crippen molar-refractivity contribution in [2.24, 2.45) is 0 Å². The Balaban J connectivity index is 1.53. The number of nitrogens with one attached hydrogen (secondary N) is 2. The number of benzene rings is 2. The van der Waals surface area contributed by atoms with Gasteiger partial charge in [-0.3, -0.25) is 9.78 Å². The molecule has 1 atom stereocenters. The summed E-state index contributed by atoms with van der Waals surface area (Å²) in [5.74, 6) is -0.791. The number of fused-ring (bicyclic) bond motifs is 1. The molecule has 0 aliphatic rings. The molecule has 2 aromatic carbocycles. The molecule has 162 valence electrons. The number of hydrogen-bond acceptors (Lipinski definition) is 6. The predicted molar refractivity (Wildman–Crippen MR) is 113 cm³/mol. The van der Waals surface area contributed by atoms with Gasteiger partial charge in [0.05, 0.1) is 6.20 Å². The van der Waals surface area contributed by atoms with Gasteiger partial charge in [0, 0.05) is 29.5 Å². The van der Waals surface area contributed by atoms with Crippen LogP contribution in [-0.4, -0.2) is 33.6 Å². The molecule has 32 heavy (non-hydrogen) atoms. The van der Waals surface area contributed by atoms with Crippen molar-refractivity contribution in [2.75, 3.05) is 10.6 Å². The molecule has 0 bridgehead atoms. The summed E-state index contributed by atoms with van der Waals surface area (Å²) in [6.45, 7) is 0. The second kappa shape index (κ2) is 9.29. The minimum Gasteiger partial charge on any atom is -0.452 e. The maximum atomic E-state index is 13.3. The van der Waals surface area contributed by atoms with Crippen LogP contribution in [0.1, 0.15) is 10.5 Å². The largest absolute Gasteiger partial charge is 0.452 e. The van der Waals surface area contributed by atoms with Crippen molar-refractivity contribution in [1.82, 2.24) is 15.0 Å². The number of carbonyl (C=O) groups is 1. The van der Waals surface area contributed by atoms with Crippen LogP contribution in [0.3, 0.4) is 0 Å². The first-order valence-electron chi connectivity index (χ1n) is 9.43. The van der Waals surface area contributed by atoms with Crippen LogP contribution in [0, 0.1) is 0 Å². The quantitative estimate of drug-likeness (QED) is 0.423. The van der Waals surface area contributed by atoms with Gasteiger partial charge < -0.3 is 15.4 Å². The van der Waals surface area contributed by atoms with E-state index in [0.29, 0.717) is 0 Å². The van der Waals surface area contributed by atoms with Crippen molar-refractivity contribution >= 4 is 34.0 Å². The number of alkyl halides is 3. The first-order valence-corrected chi connectivity index (χ1v) is 9.43. The first-order chi connectivity index (χ1) is 15.5. The van der Waals surface area contributed by atoms with Crippen molar-refractivity contribution < 1.29 is 22.7 Å². The highest BCUT2D eigenvalue weighted by Crippen LogP contribution is 2.27. The van der Waals surface area contributed by atoms with Crippen molar-refractivity contribution in [3.63, 3.8) is 0 Å². The average molecular weight is 439 g/mol. The Hall–Kier alpha value is -4.21. The molecule has 10 heteroatoms. The Kier molecular flexibility index (Phi) is 6.11. The summed E-state index contributed by atoms with van der Waals surface area (Å²) < 4.78 is 42.8. The molecule has 7 nitrogen and oxygen atoms in total. The number of halogens is 3. The second-order valence-electron chi connectivity index (χ2n) is 6.55. The smallest absolute Gasteiger partial charge is 0.304 e. The zero-order valence-electron chi connectivity index (χ0n) is 16.4. The second-order valence-corrected chi connectivity index (χ2v) is 6.55. The van der Waals surface area contributed by atoms with Crippen molar-refractivity contribution in [3.8, 4) is 5.75 Å². The predicted octanol–water partition coefficient (Wildman–Crippen LogP) is 4.96. The van der Waals surface area contributed by atoms with E-state index in [9.17, 15) is 18.0 Å². The topological polar surface area (TPSA) is 89.0 Å². The van der Waals surface area contributed by atoms with Gasteiger partial charge in [-0.25, -0.2) is 18.7 Å². The number of rotatable bonds is 7. The third kappa shape index (κ3) is 4.75. The summed E-state index contributed by atoms with van der Waals surface area (Å²) in [5.41, 5.74) is 0.663. The van der Waals surface area contributed by atoms with Gasteiger partial charge in [0.15, 0.2) is 0 Å². The fourth-order valence-corrected chi connectivity index (χ4v) is 2.94. The van der Waals surface area contributed by atoms with Gasteiger partial charge in [0.25, 0.3) is 12.3 Å². The van der Waals surface area contributed by atoms with Crippen LogP contribution in [0.5, 0.6) is 5.75 Å². The van der Waals surface area contributed by atoms with Crippen LogP contribution in [-0.2, 0) is 0 Å². The van der Waals surface area contributed by atoms with Gasteiger partial charge in [0.1, 0.15) is 17.1 Å². The molecule has 0 fully saturated rings. The van der Waals surface area contributed by atoms with Gasteiger partial charge >= 0.3 is 6.43 Å². The lowest BCUT2D eigenvalue weighted by molar-refractivity contribution is -0.0665. The highest BCUT2D eigenvalue weighted by Gasteiger charge is 2.23. The SMILES string of the molecule is O=C(Nc1cnccc1OC(F)C(F)F)c1ccnc(Nc2cccc3ccccc23)n1. The zero-order chi connectivity index (χ0) is 22.5. The molecule has 2 heterocycles. The fourth-order valence-electron chi connectivity index (χ4n) is 2.94. The number of amides is 1. The number of carbonyl (C=O) groups excluding carboxylic acids is 1. The number of pyridine rings is 1. The normalized spacial score (nSPS) is 11.9. The van der Waals surface area contributed by atoms with E-state index in [1.54, 1.807) is 0 Å². The molecule has 4 aromatic rings. The fraction of sp³-hybridized carbons (Fsp3) is 0.0909. The molecule has 1 amide bonds. The maximum Gasteiger partial charge on any atom is 0.304 e. The van der Waals surface area contributed by atoms with Crippen molar-refractivity contribution in [3.05, 3.63) is 78.9 Å². The monoisotopic (exact) mass is 439 g/mol. The molecule has 0 saturated carbocycles.